The van der Waals surface area contributed by atoms with Crippen LogP contribution >= 0.6 is 0 Å². The topological polar surface area (TPSA) is 68.9 Å². The zero-order valence-electron chi connectivity index (χ0n) is 16.1. The molecule has 0 saturated carbocycles. The van der Waals surface area contributed by atoms with E-state index in [1.54, 1.807) is 0 Å². The molecular formula is C21H26N6. The summed E-state index contributed by atoms with van der Waals surface area (Å²) in [5.74, 6) is 3.07. The summed E-state index contributed by atoms with van der Waals surface area (Å²) in [7, 11) is 0. The first-order chi connectivity index (χ1) is 13.1. The molecule has 4 rings (SSSR count). The minimum atomic E-state index is 0.343. The monoisotopic (exact) mass is 362 g/mol. The van der Waals surface area contributed by atoms with Crippen LogP contribution in [0.2, 0.25) is 0 Å². The molecule has 2 aromatic heterocycles. The normalized spacial score (nSPS) is 20.0. The molecule has 2 aromatic rings. The highest BCUT2D eigenvalue weighted by atomic mass is 15.2. The fourth-order valence-corrected chi connectivity index (χ4v) is 4.17. The summed E-state index contributed by atoms with van der Waals surface area (Å²) in [6.07, 6.45) is 4.67. The van der Waals surface area contributed by atoms with Crippen molar-refractivity contribution in [2.45, 2.75) is 45.4 Å². The predicted octanol–water partition coefficient (Wildman–Crippen LogP) is 3.34. The van der Waals surface area contributed by atoms with E-state index in [0.717, 1.165) is 67.9 Å². The van der Waals surface area contributed by atoms with Crippen LogP contribution in [0.5, 0.6) is 0 Å². The molecule has 1 unspecified atom stereocenters. The predicted molar refractivity (Wildman–Crippen MR) is 106 cm³/mol. The zero-order chi connectivity index (χ0) is 18.8. The standard InChI is InChI=1S/C21H26N6/c1-15-7-8-17(13-22)21(23-15)27-11-5-6-18(14-27)19-12-20(25-16(2)24-19)26-9-3-4-10-26/h7-8,12,18H,3-6,9-11,14H2,1-2H3. The highest BCUT2D eigenvalue weighted by Gasteiger charge is 2.26. The van der Waals surface area contributed by atoms with Crippen LogP contribution in [0.4, 0.5) is 11.6 Å². The molecule has 2 fully saturated rings. The Bertz CT molecular complexity index is 865. The Balaban J connectivity index is 1.60. The fraction of sp³-hybridized carbons (Fsp3) is 0.524. The van der Waals surface area contributed by atoms with Crippen LogP contribution in [0.3, 0.4) is 0 Å². The van der Waals surface area contributed by atoms with Gasteiger partial charge in [-0.05, 0) is 51.7 Å². The van der Waals surface area contributed by atoms with Crippen molar-refractivity contribution in [3.05, 3.63) is 41.0 Å². The Morgan fingerprint density at radius 2 is 1.78 bits per heavy atom. The lowest BCUT2D eigenvalue weighted by Crippen LogP contribution is -2.36. The van der Waals surface area contributed by atoms with Crippen molar-refractivity contribution in [1.82, 2.24) is 15.0 Å². The minimum absolute atomic E-state index is 0.343. The van der Waals surface area contributed by atoms with Crippen molar-refractivity contribution in [1.29, 1.82) is 5.26 Å². The van der Waals surface area contributed by atoms with Gasteiger partial charge in [0.05, 0.1) is 11.3 Å². The second-order valence-electron chi connectivity index (χ2n) is 7.61. The van der Waals surface area contributed by atoms with E-state index in [-0.39, 0.29) is 0 Å². The van der Waals surface area contributed by atoms with Gasteiger partial charge in [-0.1, -0.05) is 0 Å². The molecule has 1 atom stereocenters. The first-order valence-electron chi connectivity index (χ1n) is 9.87. The average molecular weight is 362 g/mol. The zero-order valence-corrected chi connectivity index (χ0v) is 16.1. The van der Waals surface area contributed by atoms with Crippen LogP contribution in [0.15, 0.2) is 18.2 Å². The van der Waals surface area contributed by atoms with Crippen LogP contribution < -0.4 is 9.80 Å². The van der Waals surface area contributed by atoms with Crippen LogP contribution in [0, 0.1) is 25.2 Å². The first kappa shape index (κ1) is 17.7. The number of piperidine rings is 1. The first-order valence-corrected chi connectivity index (χ1v) is 9.87. The lowest BCUT2D eigenvalue weighted by molar-refractivity contribution is 0.496. The summed E-state index contributed by atoms with van der Waals surface area (Å²) in [5.41, 5.74) is 2.72. The third-order valence-corrected chi connectivity index (χ3v) is 5.55. The molecular weight excluding hydrogens is 336 g/mol. The van der Waals surface area contributed by atoms with Crippen molar-refractivity contribution in [2.24, 2.45) is 0 Å². The van der Waals surface area contributed by atoms with Crippen LogP contribution in [0.25, 0.3) is 0 Å². The molecule has 2 saturated heterocycles. The number of pyridine rings is 1. The van der Waals surface area contributed by atoms with E-state index in [4.69, 9.17) is 4.98 Å². The van der Waals surface area contributed by atoms with Crippen LogP contribution in [-0.2, 0) is 0 Å². The van der Waals surface area contributed by atoms with Gasteiger partial charge in [-0.3, -0.25) is 0 Å². The van der Waals surface area contributed by atoms with Gasteiger partial charge in [0.15, 0.2) is 0 Å². The fourth-order valence-electron chi connectivity index (χ4n) is 4.17. The molecule has 0 bridgehead atoms. The van der Waals surface area contributed by atoms with Crippen molar-refractivity contribution in [2.75, 3.05) is 36.0 Å². The molecule has 0 N–H and O–H groups in total. The van der Waals surface area contributed by atoms with E-state index in [9.17, 15) is 5.26 Å². The van der Waals surface area contributed by atoms with Crippen molar-refractivity contribution >= 4 is 11.6 Å². The SMILES string of the molecule is Cc1ccc(C#N)c(N2CCCC(c3cc(N4CCCC4)nc(C)n3)C2)n1. The number of hydrogen-bond acceptors (Lipinski definition) is 6. The molecule has 0 aromatic carbocycles. The van der Waals surface area contributed by atoms with E-state index < -0.39 is 0 Å². The number of anilines is 2. The van der Waals surface area contributed by atoms with E-state index in [2.05, 4.69) is 31.9 Å². The summed E-state index contributed by atoms with van der Waals surface area (Å²) in [4.78, 5) is 18.7. The van der Waals surface area contributed by atoms with Crippen molar-refractivity contribution in [3.63, 3.8) is 0 Å². The summed E-state index contributed by atoms with van der Waals surface area (Å²) >= 11 is 0. The Morgan fingerprint density at radius 1 is 1.00 bits per heavy atom. The van der Waals surface area contributed by atoms with Crippen LogP contribution in [0.1, 0.15) is 54.4 Å². The second-order valence-corrected chi connectivity index (χ2v) is 7.61. The molecule has 0 amide bonds. The maximum absolute atomic E-state index is 9.47. The smallest absolute Gasteiger partial charge is 0.146 e. The molecule has 27 heavy (non-hydrogen) atoms. The van der Waals surface area contributed by atoms with Gasteiger partial charge in [-0.25, -0.2) is 15.0 Å². The van der Waals surface area contributed by atoms with Crippen molar-refractivity contribution in [3.8, 4) is 6.07 Å². The van der Waals surface area contributed by atoms with Crippen molar-refractivity contribution < 1.29 is 0 Å². The van der Waals surface area contributed by atoms with Gasteiger partial charge in [-0.2, -0.15) is 5.26 Å². The number of nitriles is 1. The minimum Gasteiger partial charge on any atom is -0.357 e. The summed E-state index contributed by atoms with van der Waals surface area (Å²) in [6, 6.07) is 8.25. The third-order valence-electron chi connectivity index (χ3n) is 5.55. The Kier molecular flexibility index (Phi) is 4.93. The van der Waals surface area contributed by atoms with Gasteiger partial charge in [-0.15, -0.1) is 0 Å². The molecule has 2 aliphatic heterocycles. The average Bonchev–Trinajstić information content (AvgIpc) is 3.22. The summed E-state index contributed by atoms with van der Waals surface area (Å²) < 4.78 is 0. The number of nitrogens with zero attached hydrogens (tertiary/aromatic N) is 6. The largest absolute Gasteiger partial charge is 0.357 e. The second kappa shape index (κ2) is 7.51. The summed E-state index contributed by atoms with van der Waals surface area (Å²) in [5, 5.41) is 9.47. The maximum atomic E-state index is 9.47. The van der Waals surface area contributed by atoms with Crippen LogP contribution in [-0.4, -0.2) is 41.1 Å². The maximum Gasteiger partial charge on any atom is 0.146 e. The van der Waals surface area contributed by atoms with E-state index >= 15 is 0 Å². The number of rotatable bonds is 3. The number of aromatic nitrogens is 3. The Hall–Kier alpha value is -2.68. The van der Waals surface area contributed by atoms with E-state index in [1.807, 2.05) is 26.0 Å². The van der Waals surface area contributed by atoms with Gasteiger partial charge in [0.25, 0.3) is 0 Å². The van der Waals surface area contributed by atoms with Gasteiger partial charge >= 0.3 is 0 Å². The van der Waals surface area contributed by atoms with Gasteiger partial charge in [0.1, 0.15) is 23.5 Å². The molecule has 0 radical (unpaired) electrons. The highest BCUT2D eigenvalue weighted by Crippen LogP contribution is 2.31. The molecule has 4 heterocycles. The third kappa shape index (κ3) is 3.73. The summed E-state index contributed by atoms with van der Waals surface area (Å²) in [6.45, 7) is 7.92. The molecule has 2 aliphatic rings. The lowest BCUT2D eigenvalue weighted by atomic mass is 9.94. The Labute approximate surface area is 160 Å². The Morgan fingerprint density at radius 3 is 2.56 bits per heavy atom. The molecule has 6 heteroatoms. The van der Waals surface area contributed by atoms with E-state index in [0.29, 0.717) is 11.5 Å². The molecule has 0 spiro atoms. The molecule has 0 aliphatic carbocycles. The lowest BCUT2D eigenvalue weighted by Gasteiger charge is -2.34. The molecule has 6 nitrogen and oxygen atoms in total. The van der Waals surface area contributed by atoms with Gasteiger partial charge in [0.2, 0.25) is 0 Å². The van der Waals surface area contributed by atoms with Gasteiger partial charge in [0, 0.05) is 43.9 Å². The molecule has 140 valence electrons. The van der Waals surface area contributed by atoms with E-state index in [1.165, 1.54) is 12.8 Å². The highest BCUT2D eigenvalue weighted by molar-refractivity contribution is 5.55. The van der Waals surface area contributed by atoms with Gasteiger partial charge < -0.3 is 9.80 Å². The number of aryl methyl sites for hydroxylation is 2. The number of hydrogen-bond donors (Lipinski definition) is 0. The quantitative estimate of drug-likeness (QED) is 0.834.